The molecule has 1 saturated heterocycles. The molecular weight excluding hydrogens is 278 g/mol. The Hall–Kier alpha value is -1.84. The zero-order chi connectivity index (χ0) is 15.5. The Bertz CT molecular complexity index is 548. The van der Waals surface area contributed by atoms with Gasteiger partial charge in [0.1, 0.15) is 0 Å². The Balaban J connectivity index is 1.54. The monoisotopic (exact) mass is 301 g/mol. The summed E-state index contributed by atoms with van der Waals surface area (Å²) in [5, 5.41) is 8.89. The van der Waals surface area contributed by atoms with Crippen molar-refractivity contribution < 1.29 is 14.7 Å². The van der Waals surface area contributed by atoms with Crippen molar-refractivity contribution in [3.8, 4) is 0 Å². The summed E-state index contributed by atoms with van der Waals surface area (Å²) in [6.07, 6.45) is 7.40. The average Bonchev–Trinajstić information content (AvgIpc) is 2.92. The van der Waals surface area contributed by atoms with E-state index in [0.717, 1.165) is 24.4 Å². The SMILES string of the molecule is O=C(O)c1ccc(CCC(=O)N2CCC[C@@H]2C2CCC2)cc1. The highest BCUT2D eigenvalue weighted by molar-refractivity contribution is 5.87. The Kier molecular flexibility index (Phi) is 4.46. The first-order chi connectivity index (χ1) is 10.6. The molecule has 1 atom stereocenters. The average molecular weight is 301 g/mol. The number of nitrogens with zero attached hydrogens (tertiary/aromatic N) is 1. The molecule has 1 amide bonds. The lowest BCUT2D eigenvalue weighted by Crippen LogP contribution is -2.42. The van der Waals surface area contributed by atoms with E-state index >= 15 is 0 Å². The fourth-order valence-electron chi connectivity index (χ4n) is 3.63. The molecular formula is C18H23NO3. The van der Waals surface area contributed by atoms with Gasteiger partial charge in [-0.25, -0.2) is 4.79 Å². The molecule has 1 aromatic carbocycles. The highest BCUT2D eigenvalue weighted by Crippen LogP contribution is 2.37. The predicted octanol–water partition coefficient (Wildman–Crippen LogP) is 3.11. The Morgan fingerprint density at radius 2 is 1.82 bits per heavy atom. The second-order valence-corrected chi connectivity index (χ2v) is 6.49. The molecule has 4 nitrogen and oxygen atoms in total. The summed E-state index contributed by atoms with van der Waals surface area (Å²) in [6.45, 7) is 0.915. The Morgan fingerprint density at radius 3 is 2.41 bits per heavy atom. The van der Waals surface area contributed by atoms with Crippen LogP contribution in [0.4, 0.5) is 0 Å². The van der Waals surface area contributed by atoms with Gasteiger partial charge in [0.05, 0.1) is 5.56 Å². The first kappa shape index (κ1) is 15.1. The van der Waals surface area contributed by atoms with E-state index < -0.39 is 5.97 Å². The van der Waals surface area contributed by atoms with Gasteiger partial charge in [-0.15, -0.1) is 0 Å². The van der Waals surface area contributed by atoms with Crippen LogP contribution in [0.25, 0.3) is 0 Å². The quantitative estimate of drug-likeness (QED) is 0.909. The number of rotatable bonds is 5. The lowest BCUT2D eigenvalue weighted by atomic mass is 9.79. The molecule has 0 radical (unpaired) electrons. The molecule has 22 heavy (non-hydrogen) atoms. The van der Waals surface area contributed by atoms with E-state index in [4.69, 9.17) is 5.11 Å². The molecule has 2 fully saturated rings. The summed E-state index contributed by atoms with van der Waals surface area (Å²) < 4.78 is 0. The summed E-state index contributed by atoms with van der Waals surface area (Å²) in [5.41, 5.74) is 1.32. The van der Waals surface area contributed by atoms with Gasteiger partial charge < -0.3 is 10.0 Å². The zero-order valence-electron chi connectivity index (χ0n) is 12.8. The fraction of sp³-hybridized carbons (Fsp3) is 0.556. The van der Waals surface area contributed by atoms with Crippen LogP contribution in [0.5, 0.6) is 0 Å². The van der Waals surface area contributed by atoms with Gasteiger partial charge >= 0.3 is 5.97 Å². The van der Waals surface area contributed by atoms with E-state index in [1.807, 2.05) is 12.1 Å². The van der Waals surface area contributed by atoms with Gasteiger partial charge in [0.15, 0.2) is 0 Å². The largest absolute Gasteiger partial charge is 0.478 e. The molecule has 1 heterocycles. The van der Waals surface area contributed by atoms with Gasteiger partial charge in [0.2, 0.25) is 5.91 Å². The van der Waals surface area contributed by atoms with E-state index in [1.54, 1.807) is 12.1 Å². The molecule has 4 heteroatoms. The van der Waals surface area contributed by atoms with Crippen molar-refractivity contribution in [1.82, 2.24) is 4.90 Å². The molecule has 118 valence electrons. The minimum absolute atomic E-state index is 0.261. The van der Waals surface area contributed by atoms with E-state index in [2.05, 4.69) is 4.90 Å². The van der Waals surface area contributed by atoms with Crippen molar-refractivity contribution in [2.45, 2.75) is 51.0 Å². The number of carboxylic acids is 1. The maximum Gasteiger partial charge on any atom is 0.335 e. The number of hydrogen-bond acceptors (Lipinski definition) is 2. The summed E-state index contributed by atoms with van der Waals surface area (Å²) in [6, 6.07) is 7.31. The molecule has 0 bridgehead atoms. The van der Waals surface area contributed by atoms with E-state index in [9.17, 15) is 9.59 Å². The molecule has 0 unspecified atom stereocenters. The van der Waals surface area contributed by atoms with E-state index in [0.29, 0.717) is 24.4 Å². The molecule has 2 aliphatic rings. The van der Waals surface area contributed by atoms with Crippen LogP contribution < -0.4 is 0 Å². The Morgan fingerprint density at radius 1 is 1.09 bits per heavy atom. The van der Waals surface area contributed by atoms with Crippen LogP contribution in [0.1, 0.15) is 54.4 Å². The van der Waals surface area contributed by atoms with Crippen molar-refractivity contribution in [2.24, 2.45) is 5.92 Å². The lowest BCUT2D eigenvalue weighted by Gasteiger charge is -2.37. The Labute approximate surface area is 131 Å². The second kappa shape index (κ2) is 6.51. The van der Waals surface area contributed by atoms with Gasteiger partial charge in [-0.3, -0.25) is 4.79 Å². The van der Waals surface area contributed by atoms with E-state index in [1.165, 1.54) is 25.7 Å². The molecule has 1 saturated carbocycles. The molecule has 3 rings (SSSR count). The number of benzene rings is 1. The van der Waals surface area contributed by atoms with Crippen molar-refractivity contribution in [1.29, 1.82) is 0 Å². The molecule has 0 aromatic heterocycles. The van der Waals surface area contributed by atoms with Crippen LogP contribution in [0.2, 0.25) is 0 Å². The minimum atomic E-state index is -0.914. The third kappa shape index (κ3) is 3.16. The number of amides is 1. The normalized spacial score (nSPS) is 21.6. The van der Waals surface area contributed by atoms with Crippen molar-refractivity contribution in [3.63, 3.8) is 0 Å². The highest BCUT2D eigenvalue weighted by atomic mass is 16.4. The van der Waals surface area contributed by atoms with Crippen molar-refractivity contribution in [3.05, 3.63) is 35.4 Å². The molecule has 1 aliphatic heterocycles. The lowest BCUT2D eigenvalue weighted by molar-refractivity contribution is -0.133. The third-order valence-electron chi connectivity index (χ3n) is 5.14. The molecule has 1 aromatic rings. The number of aryl methyl sites for hydroxylation is 1. The first-order valence-electron chi connectivity index (χ1n) is 8.27. The molecule has 1 N–H and O–H groups in total. The number of carboxylic acid groups (broad SMARTS) is 1. The zero-order valence-corrected chi connectivity index (χ0v) is 12.8. The smallest absolute Gasteiger partial charge is 0.335 e. The predicted molar refractivity (Wildman–Crippen MR) is 83.8 cm³/mol. The van der Waals surface area contributed by atoms with Gasteiger partial charge in [-0.1, -0.05) is 18.6 Å². The van der Waals surface area contributed by atoms with Crippen LogP contribution in [0.15, 0.2) is 24.3 Å². The van der Waals surface area contributed by atoms with Gasteiger partial charge in [-0.2, -0.15) is 0 Å². The first-order valence-corrected chi connectivity index (χ1v) is 8.27. The van der Waals surface area contributed by atoms with E-state index in [-0.39, 0.29) is 5.91 Å². The summed E-state index contributed by atoms with van der Waals surface area (Å²) >= 11 is 0. The molecule has 1 aliphatic carbocycles. The second-order valence-electron chi connectivity index (χ2n) is 6.49. The van der Waals surface area contributed by atoms with Crippen LogP contribution in [0, 0.1) is 5.92 Å². The van der Waals surface area contributed by atoms with Crippen LogP contribution in [-0.4, -0.2) is 34.5 Å². The maximum atomic E-state index is 12.5. The van der Waals surface area contributed by atoms with Gasteiger partial charge in [0, 0.05) is 19.0 Å². The summed E-state index contributed by atoms with van der Waals surface area (Å²) in [5.74, 6) is 0.0843. The number of hydrogen-bond donors (Lipinski definition) is 1. The fourth-order valence-corrected chi connectivity index (χ4v) is 3.63. The highest BCUT2D eigenvalue weighted by Gasteiger charge is 2.36. The summed E-state index contributed by atoms with van der Waals surface area (Å²) in [4.78, 5) is 25.4. The van der Waals surface area contributed by atoms with Crippen molar-refractivity contribution in [2.75, 3.05) is 6.54 Å². The van der Waals surface area contributed by atoms with Crippen LogP contribution >= 0.6 is 0 Å². The minimum Gasteiger partial charge on any atom is -0.478 e. The maximum absolute atomic E-state index is 12.5. The van der Waals surface area contributed by atoms with Crippen molar-refractivity contribution >= 4 is 11.9 Å². The number of likely N-dealkylation sites (tertiary alicyclic amines) is 1. The van der Waals surface area contributed by atoms with Gasteiger partial charge in [0.25, 0.3) is 0 Å². The topological polar surface area (TPSA) is 57.6 Å². The van der Waals surface area contributed by atoms with Crippen LogP contribution in [-0.2, 0) is 11.2 Å². The third-order valence-corrected chi connectivity index (χ3v) is 5.14. The molecule has 0 spiro atoms. The van der Waals surface area contributed by atoms with Crippen LogP contribution in [0.3, 0.4) is 0 Å². The number of carbonyl (C=O) groups is 2. The number of aromatic carboxylic acids is 1. The summed E-state index contributed by atoms with van der Waals surface area (Å²) in [7, 11) is 0. The van der Waals surface area contributed by atoms with Gasteiger partial charge in [-0.05, 0) is 55.7 Å². The number of carbonyl (C=O) groups excluding carboxylic acids is 1. The standard InChI is InChI=1S/C18H23NO3/c20-17(19-12-2-5-16(19)14-3-1-4-14)11-8-13-6-9-15(10-7-13)18(21)22/h6-7,9-10,14,16H,1-5,8,11-12H2,(H,21,22)/t16-/m1/s1.